The van der Waals surface area contributed by atoms with E-state index in [-0.39, 0.29) is 5.78 Å². The molecule has 1 heteroatoms. The van der Waals surface area contributed by atoms with E-state index < -0.39 is 0 Å². The molecule has 0 aliphatic heterocycles. The highest BCUT2D eigenvalue weighted by atomic mass is 16.1. The van der Waals surface area contributed by atoms with Crippen molar-refractivity contribution in [1.82, 2.24) is 0 Å². The normalized spacial score (nSPS) is 11.3. The van der Waals surface area contributed by atoms with Gasteiger partial charge in [-0.25, -0.2) is 0 Å². The Labute approximate surface area is 91.1 Å². The van der Waals surface area contributed by atoms with Crippen LogP contribution in [0.2, 0.25) is 0 Å². The number of carbonyl (C=O) groups is 1. The molecule has 0 saturated carbocycles. The second-order valence-electron chi connectivity index (χ2n) is 3.32. The van der Waals surface area contributed by atoms with Crippen LogP contribution < -0.4 is 0 Å². The predicted molar refractivity (Wildman–Crippen MR) is 63.7 cm³/mol. The van der Waals surface area contributed by atoms with Crippen LogP contribution in [0.15, 0.2) is 54.6 Å². The number of ketones is 1. The molecule has 0 aromatic heterocycles. The molecule has 1 nitrogen and oxygen atoms in total. The van der Waals surface area contributed by atoms with Gasteiger partial charge in [0.05, 0.1) is 0 Å². The van der Waals surface area contributed by atoms with Crippen LogP contribution >= 0.6 is 0 Å². The lowest BCUT2D eigenvalue weighted by Gasteiger charge is -1.95. The predicted octanol–water partition coefficient (Wildman–Crippen LogP) is 3.32. The van der Waals surface area contributed by atoms with Crippen LogP contribution in [0.25, 0.3) is 0 Å². The summed E-state index contributed by atoms with van der Waals surface area (Å²) in [4.78, 5) is 11.5. The molecule has 1 aromatic rings. The van der Waals surface area contributed by atoms with Gasteiger partial charge in [-0.05, 0) is 18.1 Å². The second-order valence-corrected chi connectivity index (χ2v) is 3.32. The Morgan fingerprint density at radius 1 is 1.20 bits per heavy atom. The van der Waals surface area contributed by atoms with Crippen LogP contribution in [0.4, 0.5) is 0 Å². The van der Waals surface area contributed by atoms with E-state index in [1.165, 1.54) is 0 Å². The maximum Gasteiger partial charge on any atom is 0.160 e. The smallest absolute Gasteiger partial charge is 0.160 e. The molecule has 1 rings (SSSR count). The number of hydrogen-bond acceptors (Lipinski definition) is 1. The summed E-state index contributed by atoms with van der Waals surface area (Å²) in [5, 5.41) is 0. The lowest BCUT2D eigenvalue weighted by Crippen LogP contribution is -1.97. The standard InChI is InChI=1S/C14H16O/c1-2-3-4-8-11-14(15)12-13-9-6-5-7-10-13/h3-11H,2,12H2,1H3/b4-3+,11-8+. The SMILES string of the molecule is CC/C=C/C=C/C(=O)Cc1ccccc1. The van der Waals surface area contributed by atoms with E-state index in [4.69, 9.17) is 0 Å². The first-order valence-corrected chi connectivity index (χ1v) is 5.23. The Hall–Kier alpha value is -1.63. The average molecular weight is 200 g/mol. The van der Waals surface area contributed by atoms with Crippen molar-refractivity contribution in [3.05, 3.63) is 60.2 Å². The van der Waals surface area contributed by atoms with Gasteiger partial charge in [0.2, 0.25) is 0 Å². The van der Waals surface area contributed by atoms with E-state index >= 15 is 0 Å². The first-order valence-electron chi connectivity index (χ1n) is 5.23. The Bertz CT molecular complexity index is 347. The van der Waals surface area contributed by atoms with Gasteiger partial charge in [-0.15, -0.1) is 0 Å². The average Bonchev–Trinajstić information content (AvgIpc) is 2.26. The number of rotatable bonds is 5. The zero-order valence-electron chi connectivity index (χ0n) is 9.02. The Morgan fingerprint density at radius 2 is 1.93 bits per heavy atom. The van der Waals surface area contributed by atoms with E-state index in [0.29, 0.717) is 6.42 Å². The summed E-state index contributed by atoms with van der Waals surface area (Å²) in [6.45, 7) is 2.07. The van der Waals surface area contributed by atoms with Gasteiger partial charge in [0.25, 0.3) is 0 Å². The number of carbonyl (C=O) groups excluding carboxylic acids is 1. The Morgan fingerprint density at radius 3 is 2.60 bits per heavy atom. The zero-order valence-corrected chi connectivity index (χ0v) is 9.02. The van der Waals surface area contributed by atoms with Crippen molar-refractivity contribution < 1.29 is 4.79 Å². The third-order valence-corrected chi connectivity index (χ3v) is 1.99. The van der Waals surface area contributed by atoms with Gasteiger partial charge in [0.15, 0.2) is 5.78 Å². The molecule has 15 heavy (non-hydrogen) atoms. The minimum Gasteiger partial charge on any atom is -0.294 e. The molecule has 0 atom stereocenters. The number of allylic oxidation sites excluding steroid dienone is 4. The summed E-state index contributed by atoms with van der Waals surface area (Å²) in [6, 6.07) is 9.78. The number of benzene rings is 1. The van der Waals surface area contributed by atoms with Crippen LogP contribution in [0, 0.1) is 0 Å². The molecule has 0 radical (unpaired) electrons. The van der Waals surface area contributed by atoms with Gasteiger partial charge in [-0.3, -0.25) is 4.79 Å². The lowest BCUT2D eigenvalue weighted by atomic mass is 10.1. The van der Waals surface area contributed by atoms with Crippen molar-refractivity contribution in [2.75, 3.05) is 0 Å². The fourth-order valence-corrected chi connectivity index (χ4v) is 1.23. The van der Waals surface area contributed by atoms with Crippen molar-refractivity contribution in [1.29, 1.82) is 0 Å². The second kappa shape index (κ2) is 6.77. The van der Waals surface area contributed by atoms with E-state index in [0.717, 1.165) is 12.0 Å². The first kappa shape index (κ1) is 11.4. The number of hydrogen-bond donors (Lipinski definition) is 0. The lowest BCUT2D eigenvalue weighted by molar-refractivity contribution is -0.114. The summed E-state index contributed by atoms with van der Waals surface area (Å²) in [5.41, 5.74) is 1.06. The largest absolute Gasteiger partial charge is 0.294 e. The maximum atomic E-state index is 11.5. The van der Waals surface area contributed by atoms with Gasteiger partial charge in [-0.1, -0.05) is 55.5 Å². The molecule has 0 bridgehead atoms. The van der Waals surface area contributed by atoms with Gasteiger partial charge in [-0.2, -0.15) is 0 Å². The van der Waals surface area contributed by atoms with Gasteiger partial charge >= 0.3 is 0 Å². The molecular formula is C14H16O. The van der Waals surface area contributed by atoms with Gasteiger partial charge in [0, 0.05) is 6.42 Å². The van der Waals surface area contributed by atoms with E-state index in [1.807, 2.05) is 42.5 Å². The van der Waals surface area contributed by atoms with Crippen LogP contribution in [-0.4, -0.2) is 5.78 Å². The minimum atomic E-state index is 0.141. The minimum absolute atomic E-state index is 0.141. The Balaban J connectivity index is 2.43. The summed E-state index contributed by atoms with van der Waals surface area (Å²) < 4.78 is 0. The summed E-state index contributed by atoms with van der Waals surface area (Å²) in [7, 11) is 0. The fourth-order valence-electron chi connectivity index (χ4n) is 1.23. The highest BCUT2D eigenvalue weighted by Gasteiger charge is 1.97. The summed E-state index contributed by atoms with van der Waals surface area (Å²) >= 11 is 0. The molecule has 0 unspecified atom stereocenters. The first-order chi connectivity index (χ1) is 7.33. The molecule has 0 spiro atoms. The highest BCUT2D eigenvalue weighted by Crippen LogP contribution is 2.00. The molecule has 78 valence electrons. The summed E-state index contributed by atoms with van der Waals surface area (Å²) in [5.74, 6) is 0.141. The topological polar surface area (TPSA) is 17.1 Å². The third-order valence-electron chi connectivity index (χ3n) is 1.99. The van der Waals surface area contributed by atoms with Crippen molar-refractivity contribution in [2.45, 2.75) is 19.8 Å². The molecule has 0 aliphatic rings. The van der Waals surface area contributed by atoms with E-state index in [9.17, 15) is 4.79 Å². The zero-order chi connectivity index (χ0) is 10.9. The highest BCUT2D eigenvalue weighted by molar-refractivity contribution is 5.91. The third kappa shape index (κ3) is 4.96. The molecule has 0 heterocycles. The Kier molecular flexibility index (Phi) is 5.16. The van der Waals surface area contributed by atoms with Crippen molar-refractivity contribution in [3.8, 4) is 0 Å². The summed E-state index contributed by atoms with van der Waals surface area (Å²) in [6.07, 6.45) is 8.83. The van der Waals surface area contributed by atoms with E-state index in [2.05, 4.69) is 6.92 Å². The van der Waals surface area contributed by atoms with E-state index in [1.54, 1.807) is 12.2 Å². The molecule has 0 N–H and O–H groups in total. The molecular weight excluding hydrogens is 184 g/mol. The van der Waals surface area contributed by atoms with Crippen LogP contribution in [-0.2, 0) is 11.2 Å². The van der Waals surface area contributed by atoms with Crippen LogP contribution in [0.1, 0.15) is 18.9 Å². The quantitative estimate of drug-likeness (QED) is 0.526. The molecule has 1 aromatic carbocycles. The van der Waals surface area contributed by atoms with Gasteiger partial charge in [0.1, 0.15) is 0 Å². The maximum absolute atomic E-state index is 11.5. The molecule has 0 saturated heterocycles. The van der Waals surface area contributed by atoms with Crippen LogP contribution in [0.5, 0.6) is 0 Å². The van der Waals surface area contributed by atoms with Crippen molar-refractivity contribution in [2.24, 2.45) is 0 Å². The molecule has 0 aliphatic carbocycles. The fraction of sp³-hybridized carbons (Fsp3) is 0.214. The van der Waals surface area contributed by atoms with Crippen molar-refractivity contribution >= 4 is 5.78 Å². The van der Waals surface area contributed by atoms with Gasteiger partial charge < -0.3 is 0 Å². The molecule has 0 amide bonds. The van der Waals surface area contributed by atoms with Crippen LogP contribution in [0.3, 0.4) is 0 Å². The monoisotopic (exact) mass is 200 g/mol. The molecule has 0 fully saturated rings. The van der Waals surface area contributed by atoms with Crippen molar-refractivity contribution in [3.63, 3.8) is 0 Å².